The standard InChI is InChI=1S/C17H26N2OS/c1-12(2)19(11-10-15(18)21)16(20)13-8-6-7-9-14(13)17(3,4)5/h6-9,12H,10-11H2,1-5H3,(H2,18,21). The molecule has 2 N–H and O–H groups in total. The summed E-state index contributed by atoms with van der Waals surface area (Å²) in [6.45, 7) is 10.9. The Balaban J connectivity index is 3.13. The Bertz CT molecular complexity index is 518. The van der Waals surface area contributed by atoms with Crippen LogP contribution >= 0.6 is 12.2 Å². The first-order valence-corrected chi connectivity index (χ1v) is 7.74. The topological polar surface area (TPSA) is 46.3 Å². The van der Waals surface area contributed by atoms with Crippen molar-refractivity contribution in [2.24, 2.45) is 5.73 Å². The van der Waals surface area contributed by atoms with Crippen LogP contribution < -0.4 is 5.73 Å². The lowest BCUT2D eigenvalue weighted by Gasteiger charge is -2.30. The molecule has 4 heteroatoms. The Morgan fingerprint density at radius 2 is 1.86 bits per heavy atom. The lowest BCUT2D eigenvalue weighted by atomic mass is 9.83. The molecule has 1 amide bonds. The third kappa shape index (κ3) is 4.81. The van der Waals surface area contributed by atoms with E-state index in [0.29, 0.717) is 18.0 Å². The van der Waals surface area contributed by atoms with E-state index in [-0.39, 0.29) is 17.4 Å². The van der Waals surface area contributed by atoms with Crippen molar-refractivity contribution < 1.29 is 4.79 Å². The molecule has 1 aromatic carbocycles. The molecule has 0 spiro atoms. The van der Waals surface area contributed by atoms with Gasteiger partial charge in [-0.25, -0.2) is 0 Å². The van der Waals surface area contributed by atoms with Gasteiger partial charge in [-0.2, -0.15) is 0 Å². The van der Waals surface area contributed by atoms with Gasteiger partial charge in [-0.05, 0) is 30.9 Å². The van der Waals surface area contributed by atoms with Crippen LogP contribution in [0.4, 0.5) is 0 Å². The third-order valence-electron chi connectivity index (χ3n) is 3.45. The molecule has 3 nitrogen and oxygen atoms in total. The second kappa shape index (κ2) is 7.03. The van der Waals surface area contributed by atoms with Gasteiger partial charge in [0.25, 0.3) is 5.91 Å². The summed E-state index contributed by atoms with van der Waals surface area (Å²) in [5.74, 6) is 0.0479. The van der Waals surface area contributed by atoms with Crippen molar-refractivity contribution in [2.75, 3.05) is 6.54 Å². The monoisotopic (exact) mass is 306 g/mol. The Morgan fingerprint density at radius 3 is 2.33 bits per heavy atom. The molecule has 0 heterocycles. The molecular formula is C17H26N2OS. The van der Waals surface area contributed by atoms with E-state index in [1.54, 1.807) is 0 Å². The van der Waals surface area contributed by atoms with Crippen molar-refractivity contribution in [2.45, 2.75) is 52.5 Å². The van der Waals surface area contributed by atoms with Gasteiger partial charge in [-0.1, -0.05) is 51.2 Å². The maximum absolute atomic E-state index is 12.9. The first-order valence-electron chi connectivity index (χ1n) is 7.33. The number of nitrogens with zero attached hydrogens (tertiary/aromatic N) is 1. The average Bonchev–Trinajstić information content (AvgIpc) is 2.37. The van der Waals surface area contributed by atoms with Gasteiger partial charge in [0.2, 0.25) is 0 Å². The van der Waals surface area contributed by atoms with E-state index >= 15 is 0 Å². The Morgan fingerprint density at radius 1 is 1.29 bits per heavy atom. The minimum absolute atomic E-state index is 0.0479. The minimum atomic E-state index is -0.0714. The number of thiocarbonyl (C=S) groups is 1. The maximum Gasteiger partial charge on any atom is 0.254 e. The quantitative estimate of drug-likeness (QED) is 0.847. The summed E-state index contributed by atoms with van der Waals surface area (Å²) in [5, 5.41) is 0. The van der Waals surface area contributed by atoms with E-state index in [1.807, 2.05) is 43.0 Å². The Hall–Kier alpha value is -1.42. The molecule has 21 heavy (non-hydrogen) atoms. The molecule has 0 fully saturated rings. The summed E-state index contributed by atoms with van der Waals surface area (Å²) in [4.78, 5) is 15.2. The summed E-state index contributed by atoms with van der Waals surface area (Å²) in [7, 11) is 0. The van der Waals surface area contributed by atoms with Crippen LogP contribution in [0.3, 0.4) is 0 Å². The highest BCUT2D eigenvalue weighted by Crippen LogP contribution is 2.27. The third-order valence-corrected chi connectivity index (χ3v) is 3.65. The number of carbonyl (C=O) groups is 1. The van der Waals surface area contributed by atoms with Crippen LogP contribution in [-0.4, -0.2) is 28.4 Å². The highest BCUT2D eigenvalue weighted by atomic mass is 32.1. The molecular weight excluding hydrogens is 280 g/mol. The lowest BCUT2D eigenvalue weighted by molar-refractivity contribution is 0.0709. The number of carbonyl (C=O) groups excluding carboxylic acids is 1. The van der Waals surface area contributed by atoms with Gasteiger partial charge in [-0.15, -0.1) is 0 Å². The van der Waals surface area contributed by atoms with Crippen LogP contribution in [0.15, 0.2) is 24.3 Å². The fraction of sp³-hybridized carbons (Fsp3) is 0.529. The Labute approximate surface area is 133 Å². The fourth-order valence-corrected chi connectivity index (χ4v) is 2.39. The Kier molecular flexibility index (Phi) is 5.90. The number of hydrogen-bond acceptors (Lipinski definition) is 2. The molecule has 0 aliphatic carbocycles. The molecule has 0 saturated heterocycles. The fourth-order valence-electron chi connectivity index (χ4n) is 2.30. The van der Waals surface area contributed by atoms with Crippen LogP contribution in [0.25, 0.3) is 0 Å². The summed E-state index contributed by atoms with van der Waals surface area (Å²) in [5.41, 5.74) is 7.33. The van der Waals surface area contributed by atoms with Crippen molar-refractivity contribution in [3.63, 3.8) is 0 Å². The molecule has 0 unspecified atom stereocenters. The van der Waals surface area contributed by atoms with Gasteiger partial charge in [-0.3, -0.25) is 4.79 Å². The zero-order valence-corrected chi connectivity index (χ0v) is 14.5. The molecule has 0 atom stereocenters. The van der Waals surface area contributed by atoms with Crippen molar-refractivity contribution in [3.8, 4) is 0 Å². The van der Waals surface area contributed by atoms with Crippen LogP contribution in [0.5, 0.6) is 0 Å². The van der Waals surface area contributed by atoms with Gasteiger partial charge in [0.1, 0.15) is 0 Å². The second-order valence-corrected chi connectivity index (χ2v) is 7.13. The summed E-state index contributed by atoms with van der Waals surface area (Å²) < 4.78 is 0. The average molecular weight is 306 g/mol. The largest absolute Gasteiger partial charge is 0.393 e. The highest BCUT2D eigenvalue weighted by molar-refractivity contribution is 7.80. The second-order valence-electron chi connectivity index (χ2n) is 6.60. The number of rotatable bonds is 5. The predicted octanol–water partition coefficient (Wildman–Crippen LogP) is 3.51. The summed E-state index contributed by atoms with van der Waals surface area (Å²) in [6.07, 6.45) is 0.553. The van der Waals surface area contributed by atoms with E-state index in [9.17, 15) is 4.79 Å². The van der Waals surface area contributed by atoms with Crippen LogP contribution in [0.1, 0.15) is 57.0 Å². The maximum atomic E-state index is 12.9. The zero-order chi connectivity index (χ0) is 16.2. The molecule has 0 aliphatic heterocycles. The SMILES string of the molecule is CC(C)N(CCC(N)=S)C(=O)c1ccccc1C(C)(C)C. The molecule has 0 aliphatic rings. The van der Waals surface area contributed by atoms with Crippen molar-refractivity contribution in [1.82, 2.24) is 4.90 Å². The van der Waals surface area contributed by atoms with Crippen molar-refractivity contribution in [3.05, 3.63) is 35.4 Å². The van der Waals surface area contributed by atoms with E-state index in [1.165, 1.54) is 0 Å². The first kappa shape index (κ1) is 17.6. The van der Waals surface area contributed by atoms with Crippen LogP contribution in [-0.2, 0) is 5.41 Å². The number of hydrogen-bond donors (Lipinski definition) is 1. The zero-order valence-electron chi connectivity index (χ0n) is 13.6. The van der Waals surface area contributed by atoms with Gasteiger partial charge >= 0.3 is 0 Å². The normalized spacial score (nSPS) is 11.5. The van der Waals surface area contributed by atoms with E-state index < -0.39 is 0 Å². The number of nitrogens with two attached hydrogens (primary N) is 1. The smallest absolute Gasteiger partial charge is 0.254 e. The summed E-state index contributed by atoms with van der Waals surface area (Å²) >= 11 is 4.93. The molecule has 0 radical (unpaired) electrons. The lowest BCUT2D eigenvalue weighted by Crippen LogP contribution is -2.40. The molecule has 0 bridgehead atoms. The summed E-state index contributed by atoms with van der Waals surface area (Å²) in [6, 6.07) is 7.93. The van der Waals surface area contributed by atoms with Gasteiger partial charge in [0.15, 0.2) is 0 Å². The van der Waals surface area contributed by atoms with E-state index in [0.717, 1.165) is 11.1 Å². The van der Waals surface area contributed by atoms with Crippen LogP contribution in [0.2, 0.25) is 0 Å². The molecule has 1 aromatic rings. The highest BCUT2D eigenvalue weighted by Gasteiger charge is 2.25. The predicted molar refractivity (Wildman–Crippen MR) is 92.7 cm³/mol. The molecule has 0 saturated carbocycles. The van der Waals surface area contributed by atoms with E-state index in [4.69, 9.17) is 18.0 Å². The van der Waals surface area contributed by atoms with Gasteiger partial charge in [0.05, 0.1) is 4.99 Å². The number of amides is 1. The molecule has 116 valence electrons. The molecule has 0 aromatic heterocycles. The first-order chi connectivity index (χ1) is 9.64. The van der Waals surface area contributed by atoms with Gasteiger partial charge < -0.3 is 10.6 Å². The van der Waals surface area contributed by atoms with Crippen molar-refractivity contribution >= 4 is 23.1 Å². The minimum Gasteiger partial charge on any atom is -0.393 e. The molecule has 1 rings (SSSR count). The van der Waals surface area contributed by atoms with Crippen LogP contribution in [0, 0.1) is 0 Å². The van der Waals surface area contributed by atoms with Crippen molar-refractivity contribution in [1.29, 1.82) is 0 Å². The number of benzene rings is 1. The van der Waals surface area contributed by atoms with Gasteiger partial charge in [0, 0.05) is 24.6 Å². The van der Waals surface area contributed by atoms with E-state index in [2.05, 4.69) is 20.8 Å².